The van der Waals surface area contributed by atoms with Crippen molar-refractivity contribution in [3.8, 4) is 34.5 Å². The van der Waals surface area contributed by atoms with Gasteiger partial charge in [-0.05, 0) is 118 Å². The molecule has 0 spiro atoms. The van der Waals surface area contributed by atoms with Crippen LogP contribution in [0.25, 0.3) is 0 Å². The van der Waals surface area contributed by atoms with E-state index in [0.717, 1.165) is 53.0 Å². The molecule has 0 saturated carbocycles. The minimum atomic E-state index is 0. The van der Waals surface area contributed by atoms with Crippen LogP contribution in [0.4, 0.5) is 0 Å². The van der Waals surface area contributed by atoms with Gasteiger partial charge in [0.15, 0.2) is 6.29 Å². The summed E-state index contributed by atoms with van der Waals surface area (Å²) in [7, 11) is 0. The molecule has 3 heterocycles. The topological polar surface area (TPSA) is 107 Å². The lowest BCUT2D eigenvalue weighted by atomic mass is 9.64. The van der Waals surface area contributed by atoms with E-state index in [0.29, 0.717) is 48.0 Å². The van der Waals surface area contributed by atoms with Crippen molar-refractivity contribution in [3.63, 3.8) is 0 Å². The van der Waals surface area contributed by atoms with Crippen LogP contribution in [0.3, 0.4) is 0 Å². The molecule has 6 aromatic rings. The lowest BCUT2D eigenvalue weighted by Gasteiger charge is -2.09. The highest BCUT2D eigenvalue weighted by molar-refractivity contribution is 6.68. The van der Waals surface area contributed by atoms with E-state index >= 15 is 0 Å². The molecular weight excluding hydrogens is 741 g/mol. The van der Waals surface area contributed by atoms with Gasteiger partial charge in [0.05, 0.1) is 25.4 Å². The molecule has 0 amide bonds. The summed E-state index contributed by atoms with van der Waals surface area (Å²) >= 11 is 0. The van der Waals surface area contributed by atoms with Gasteiger partial charge in [-0.15, -0.1) is 0 Å². The minimum absolute atomic E-state index is 0. The fourth-order valence-electron chi connectivity index (χ4n) is 6.75. The van der Waals surface area contributed by atoms with Crippen molar-refractivity contribution in [3.05, 3.63) is 161 Å². The molecule has 9 rings (SSSR count). The first-order chi connectivity index (χ1) is 27.8. The molecule has 0 radical (unpaired) electrons. The van der Waals surface area contributed by atoms with Crippen LogP contribution < -0.4 is 30.6 Å². The highest BCUT2D eigenvalue weighted by Gasteiger charge is 2.25. The third-order valence-electron chi connectivity index (χ3n) is 9.88. The Hall–Kier alpha value is -6.20. The van der Waals surface area contributed by atoms with Crippen LogP contribution in [0.15, 0.2) is 127 Å². The quantitative estimate of drug-likeness (QED) is 0.105. The van der Waals surface area contributed by atoms with E-state index in [9.17, 15) is 14.4 Å². The van der Waals surface area contributed by atoms with Gasteiger partial charge in [-0.3, -0.25) is 14.4 Å². The largest absolute Gasteiger partial charge is 0.457 e. The van der Waals surface area contributed by atoms with E-state index in [1.807, 2.05) is 93.3 Å². The summed E-state index contributed by atoms with van der Waals surface area (Å²) in [5.74, 6) is 4.24. The molecule has 12 heteroatoms. The zero-order valence-electron chi connectivity index (χ0n) is 31.9. The maximum absolute atomic E-state index is 10.9. The first kappa shape index (κ1) is 43.9. The Morgan fingerprint density at radius 1 is 0.441 bits per heavy atom. The molecule has 298 valence electrons. The number of fused-ring (bicyclic) bond motifs is 3. The number of benzene rings is 6. The van der Waals surface area contributed by atoms with E-state index in [1.54, 1.807) is 54.6 Å². The second-order valence-electron chi connectivity index (χ2n) is 13.8. The average molecular weight is 788 g/mol. The summed E-state index contributed by atoms with van der Waals surface area (Å²) < 4.78 is 34.0. The van der Waals surface area contributed by atoms with Crippen LogP contribution in [0.2, 0.25) is 20.5 Å². The second-order valence-corrected chi connectivity index (χ2v) is 13.8. The summed E-state index contributed by atoms with van der Waals surface area (Å²) in [5.41, 5.74) is 8.93. The molecule has 59 heavy (non-hydrogen) atoms. The number of aldehydes is 3. The predicted molar refractivity (Wildman–Crippen MR) is 237 cm³/mol. The van der Waals surface area contributed by atoms with E-state index in [2.05, 4.69) is 0 Å². The molecular formula is C47H47B3O9. The van der Waals surface area contributed by atoms with Gasteiger partial charge in [0.1, 0.15) is 47.1 Å². The monoisotopic (exact) mass is 788 g/mol. The lowest BCUT2D eigenvalue weighted by molar-refractivity contribution is 0.111. The van der Waals surface area contributed by atoms with Gasteiger partial charge in [-0.25, -0.2) is 0 Å². The third-order valence-corrected chi connectivity index (χ3v) is 9.88. The molecule has 0 saturated heterocycles. The van der Waals surface area contributed by atoms with E-state index in [-0.39, 0.29) is 35.6 Å². The van der Waals surface area contributed by atoms with Gasteiger partial charge in [0.25, 0.3) is 0 Å². The summed E-state index contributed by atoms with van der Waals surface area (Å²) in [6.07, 6.45) is 2.43. The number of carbonyl (C=O) groups excluding carboxylic acids is 3. The molecule has 3 aliphatic rings. The number of hydrogen-bond acceptors (Lipinski definition) is 9. The van der Waals surface area contributed by atoms with Crippen LogP contribution in [0.5, 0.6) is 34.5 Å². The molecule has 0 bridgehead atoms. The zero-order valence-corrected chi connectivity index (χ0v) is 31.9. The highest BCUT2D eigenvalue weighted by Crippen LogP contribution is 2.28. The van der Waals surface area contributed by atoms with Gasteiger partial charge in [-0.2, -0.15) is 0 Å². The first-order valence-corrected chi connectivity index (χ1v) is 18.7. The number of para-hydroxylation sites is 1. The molecule has 3 aliphatic heterocycles. The Balaban J connectivity index is 0.000000165. The highest BCUT2D eigenvalue weighted by atomic mass is 16.5. The Bertz CT molecular complexity index is 2380. The third kappa shape index (κ3) is 10.9. The Kier molecular flexibility index (Phi) is 15.2. The van der Waals surface area contributed by atoms with Gasteiger partial charge in [0, 0.05) is 11.1 Å². The van der Waals surface area contributed by atoms with Crippen molar-refractivity contribution in [2.24, 2.45) is 0 Å². The van der Waals surface area contributed by atoms with Crippen molar-refractivity contribution in [2.75, 3.05) is 0 Å². The molecule has 0 atom stereocenters. The molecule has 0 aromatic heterocycles. The SMILES string of the molecule is C.C.CB1OCc2cc(Oc3ccc(C=O)cc3)ccc21.CB1OCc2cc(Oc3cccc(C=O)c3)ccc21.CB1OCc2cc(Oc3ccccc3C=O)ccc21. The van der Waals surface area contributed by atoms with Crippen molar-refractivity contribution in [1.29, 1.82) is 0 Å². The van der Waals surface area contributed by atoms with Crippen molar-refractivity contribution < 1.29 is 42.6 Å². The summed E-state index contributed by atoms with van der Waals surface area (Å²) in [4.78, 5) is 32.3. The van der Waals surface area contributed by atoms with Gasteiger partial charge < -0.3 is 28.2 Å². The van der Waals surface area contributed by atoms with Crippen LogP contribution in [0.1, 0.15) is 62.6 Å². The summed E-state index contributed by atoms with van der Waals surface area (Å²) in [5, 5.41) is 0. The summed E-state index contributed by atoms with van der Waals surface area (Å²) in [6, 6.07) is 39.2. The number of rotatable bonds is 9. The van der Waals surface area contributed by atoms with Gasteiger partial charge in [0.2, 0.25) is 0 Å². The maximum atomic E-state index is 10.9. The summed E-state index contributed by atoms with van der Waals surface area (Å²) in [6.45, 7) is 8.46. The minimum Gasteiger partial charge on any atom is -0.457 e. The molecule has 0 fully saturated rings. The number of ether oxygens (including phenoxy) is 3. The van der Waals surface area contributed by atoms with Gasteiger partial charge in [-0.1, -0.05) is 77.8 Å². The normalized spacial score (nSPS) is 12.8. The Morgan fingerprint density at radius 2 is 0.881 bits per heavy atom. The van der Waals surface area contributed by atoms with E-state index in [4.69, 9.17) is 28.2 Å². The van der Waals surface area contributed by atoms with Gasteiger partial charge >= 0.3 is 20.7 Å². The number of carbonyl (C=O) groups is 3. The standard InChI is InChI=1S/3C15H13BO3.2CH4/c1-16-15-7-6-14(8-12(15)10-18-16)19-13-4-2-11(9-17)3-5-13;1-16-15-6-5-14(8-12(15)10-18-16)19-13-4-2-3-11(7-13)9-17;1-16-14-7-6-13(8-12(14)10-18-16)19-15-5-3-2-4-11(15)9-17;;/h3*2-9H,10H2,1H3;2*1H4. The van der Waals surface area contributed by atoms with Crippen LogP contribution in [-0.4, -0.2) is 39.6 Å². The predicted octanol–water partition coefficient (Wildman–Crippen LogP) is 9.22. The van der Waals surface area contributed by atoms with Crippen molar-refractivity contribution in [1.82, 2.24) is 0 Å². The molecule has 0 unspecified atom stereocenters. The smallest absolute Gasteiger partial charge is 0.324 e. The number of hydrogen-bond donors (Lipinski definition) is 0. The second kappa shape index (κ2) is 20.5. The van der Waals surface area contributed by atoms with Crippen molar-refractivity contribution >= 4 is 56.0 Å². The first-order valence-electron chi connectivity index (χ1n) is 18.7. The molecule has 9 nitrogen and oxygen atoms in total. The van der Waals surface area contributed by atoms with Crippen LogP contribution in [-0.2, 0) is 33.8 Å². The molecule has 0 aliphatic carbocycles. The van der Waals surface area contributed by atoms with E-state index in [1.165, 1.54) is 22.0 Å². The fraction of sp³-hybridized carbons (Fsp3) is 0.170. The molecule has 6 aromatic carbocycles. The fourth-order valence-corrected chi connectivity index (χ4v) is 6.75. The van der Waals surface area contributed by atoms with Crippen molar-refractivity contribution in [2.45, 2.75) is 55.1 Å². The van der Waals surface area contributed by atoms with Crippen LogP contribution in [0, 0.1) is 0 Å². The Morgan fingerprint density at radius 3 is 1.37 bits per heavy atom. The maximum Gasteiger partial charge on any atom is 0.324 e. The average Bonchev–Trinajstić information content (AvgIpc) is 3.93. The Labute approximate surface area is 347 Å². The lowest BCUT2D eigenvalue weighted by Crippen LogP contribution is -2.23. The zero-order chi connectivity index (χ0) is 39.7. The molecule has 0 N–H and O–H groups in total. The van der Waals surface area contributed by atoms with Crippen LogP contribution >= 0.6 is 0 Å². The van der Waals surface area contributed by atoms with E-state index < -0.39 is 0 Å².